The predicted molar refractivity (Wildman–Crippen MR) is 118 cm³/mol. The van der Waals surface area contributed by atoms with Crippen molar-refractivity contribution in [1.82, 2.24) is 15.5 Å². The molecule has 0 saturated carbocycles. The predicted octanol–water partition coefficient (Wildman–Crippen LogP) is 1.93. The number of hydrogen-bond acceptors (Lipinski definition) is 5. The van der Waals surface area contributed by atoms with E-state index in [0.717, 1.165) is 0 Å². The van der Waals surface area contributed by atoms with Crippen molar-refractivity contribution in [3.63, 3.8) is 0 Å². The van der Waals surface area contributed by atoms with E-state index in [1.54, 1.807) is 20.8 Å². The average molecular weight is 441 g/mol. The molecule has 1 aliphatic rings. The number of likely N-dealkylation sites (tertiary alicyclic amines) is 1. The zero-order chi connectivity index (χ0) is 23.9. The van der Waals surface area contributed by atoms with Gasteiger partial charge in [0.1, 0.15) is 23.7 Å². The molecular formula is C22H40N4O5. The van der Waals surface area contributed by atoms with Gasteiger partial charge in [0.05, 0.1) is 0 Å². The number of nitrogens with two attached hydrogens (primary N) is 1. The Morgan fingerprint density at radius 3 is 2.03 bits per heavy atom. The molecule has 1 heterocycles. The number of nitrogens with one attached hydrogen (secondary N) is 2. The van der Waals surface area contributed by atoms with Gasteiger partial charge in [-0.2, -0.15) is 0 Å². The number of primary amides is 1. The zero-order valence-corrected chi connectivity index (χ0v) is 20.0. The molecule has 1 fully saturated rings. The van der Waals surface area contributed by atoms with Gasteiger partial charge in [-0.1, -0.05) is 27.7 Å². The van der Waals surface area contributed by atoms with Gasteiger partial charge in [0, 0.05) is 6.54 Å². The number of ether oxygens (including phenoxy) is 1. The molecule has 0 unspecified atom stereocenters. The first kappa shape index (κ1) is 26.7. The minimum atomic E-state index is -0.845. The summed E-state index contributed by atoms with van der Waals surface area (Å²) in [5.41, 5.74) is 4.76. The lowest BCUT2D eigenvalue weighted by Gasteiger charge is -2.30. The lowest BCUT2D eigenvalue weighted by Crippen LogP contribution is -2.57. The number of amides is 4. The van der Waals surface area contributed by atoms with E-state index < -0.39 is 41.6 Å². The van der Waals surface area contributed by atoms with Crippen LogP contribution in [0, 0.1) is 11.8 Å². The van der Waals surface area contributed by atoms with Gasteiger partial charge in [0.15, 0.2) is 0 Å². The van der Waals surface area contributed by atoms with Crippen molar-refractivity contribution in [3.05, 3.63) is 0 Å². The van der Waals surface area contributed by atoms with Crippen molar-refractivity contribution >= 4 is 23.8 Å². The highest BCUT2D eigenvalue weighted by molar-refractivity contribution is 5.93. The number of hydrogen-bond donors (Lipinski definition) is 3. The smallest absolute Gasteiger partial charge is 0.408 e. The van der Waals surface area contributed by atoms with Gasteiger partial charge in [-0.25, -0.2) is 4.79 Å². The first-order valence-electron chi connectivity index (χ1n) is 11.1. The maximum atomic E-state index is 13.2. The largest absolute Gasteiger partial charge is 0.444 e. The molecule has 3 atom stereocenters. The summed E-state index contributed by atoms with van der Waals surface area (Å²) >= 11 is 0. The Labute approximate surface area is 185 Å². The molecule has 0 radical (unpaired) electrons. The monoisotopic (exact) mass is 440 g/mol. The molecule has 1 aliphatic heterocycles. The van der Waals surface area contributed by atoms with Crippen molar-refractivity contribution in [2.45, 2.75) is 97.9 Å². The number of carbonyl (C=O) groups excluding carboxylic acids is 4. The van der Waals surface area contributed by atoms with Crippen LogP contribution in [-0.4, -0.2) is 59.0 Å². The van der Waals surface area contributed by atoms with Gasteiger partial charge in [-0.05, 0) is 58.3 Å². The van der Waals surface area contributed by atoms with E-state index in [1.807, 2.05) is 27.7 Å². The normalized spacial score (nSPS) is 18.6. The summed E-state index contributed by atoms with van der Waals surface area (Å²) < 4.78 is 5.28. The fraction of sp³-hybridized carbons (Fsp3) is 0.818. The maximum absolute atomic E-state index is 13.2. The summed E-state index contributed by atoms with van der Waals surface area (Å²) in [7, 11) is 0. The molecule has 1 rings (SSSR count). The molecule has 0 aromatic rings. The number of carbonyl (C=O) groups is 4. The Morgan fingerprint density at radius 2 is 1.55 bits per heavy atom. The van der Waals surface area contributed by atoms with E-state index in [4.69, 9.17) is 10.5 Å². The molecule has 0 spiro atoms. The van der Waals surface area contributed by atoms with Crippen LogP contribution in [0.2, 0.25) is 0 Å². The van der Waals surface area contributed by atoms with E-state index in [1.165, 1.54) is 4.90 Å². The lowest BCUT2D eigenvalue weighted by atomic mass is 9.99. The van der Waals surface area contributed by atoms with Crippen LogP contribution in [0.15, 0.2) is 0 Å². The molecule has 0 bridgehead atoms. The Hall–Kier alpha value is -2.32. The van der Waals surface area contributed by atoms with E-state index >= 15 is 0 Å². The summed E-state index contributed by atoms with van der Waals surface area (Å²) in [5, 5.41) is 5.43. The first-order chi connectivity index (χ1) is 14.2. The van der Waals surface area contributed by atoms with Gasteiger partial charge in [0.25, 0.3) is 0 Å². The summed E-state index contributed by atoms with van der Waals surface area (Å²) in [6.45, 7) is 13.4. The van der Waals surface area contributed by atoms with Crippen LogP contribution >= 0.6 is 0 Å². The molecule has 178 valence electrons. The quantitative estimate of drug-likeness (QED) is 0.504. The third kappa shape index (κ3) is 9.14. The topological polar surface area (TPSA) is 131 Å². The molecule has 0 aliphatic carbocycles. The second-order valence-corrected chi connectivity index (χ2v) is 10.1. The van der Waals surface area contributed by atoms with Crippen LogP contribution in [-0.2, 0) is 19.1 Å². The van der Waals surface area contributed by atoms with E-state index in [-0.39, 0.29) is 17.7 Å². The molecule has 9 heteroatoms. The SMILES string of the molecule is CC(C)C[C@@H](NC(=O)OC(C)(C)C)C(=O)N[C@H](CC(C)C)C(=O)N1CCC[C@@H]1C(N)=O. The van der Waals surface area contributed by atoms with Crippen LogP contribution in [0.4, 0.5) is 4.79 Å². The standard InChI is InChI=1S/C22H40N4O5/c1-13(2)11-15(25-21(30)31-22(5,6)7)19(28)24-16(12-14(3)4)20(29)26-10-8-9-17(26)18(23)27/h13-17H,8-12H2,1-7H3,(H2,23,27)(H,24,28)(H,25,30)/t15-,16-,17-/m1/s1. The van der Waals surface area contributed by atoms with Crippen LogP contribution in [0.1, 0.15) is 74.1 Å². The van der Waals surface area contributed by atoms with Crippen molar-refractivity contribution in [2.24, 2.45) is 17.6 Å². The molecule has 1 saturated heterocycles. The van der Waals surface area contributed by atoms with Crippen LogP contribution < -0.4 is 16.4 Å². The van der Waals surface area contributed by atoms with Crippen molar-refractivity contribution in [2.75, 3.05) is 6.54 Å². The van der Waals surface area contributed by atoms with Gasteiger partial charge >= 0.3 is 6.09 Å². The number of nitrogens with zero attached hydrogens (tertiary/aromatic N) is 1. The molecule has 4 amide bonds. The highest BCUT2D eigenvalue weighted by Crippen LogP contribution is 2.20. The Bertz CT molecular complexity index is 657. The van der Waals surface area contributed by atoms with Gasteiger partial charge in [-0.3, -0.25) is 14.4 Å². The molecule has 4 N–H and O–H groups in total. The van der Waals surface area contributed by atoms with Crippen LogP contribution in [0.5, 0.6) is 0 Å². The van der Waals surface area contributed by atoms with E-state index in [2.05, 4.69) is 10.6 Å². The number of alkyl carbamates (subject to hydrolysis) is 1. The first-order valence-corrected chi connectivity index (χ1v) is 11.1. The van der Waals surface area contributed by atoms with E-state index in [9.17, 15) is 19.2 Å². The Morgan fingerprint density at radius 1 is 1.00 bits per heavy atom. The third-order valence-corrected chi connectivity index (χ3v) is 4.90. The van der Waals surface area contributed by atoms with Crippen LogP contribution in [0.25, 0.3) is 0 Å². The van der Waals surface area contributed by atoms with Crippen molar-refractivity contribution in [1.29, 1.82) is 0 Å². The molecule has 9 nitrogen and oxygen atoms in total. The average Bonchev–Trinajstić information content (AvgIpc) is 3.07. The molecule has 31 heavy (non-hydrogen) atoms. The van der Waals surface area contributed by atoms with Gasteiger partial charge < -0.3 is 26.0 Å². The maximum Gasteiger partial charge on any atom is 0.408 e. The Kier molecular flexibility index (Phi) is 9.77. The summed E-state index contributed by atoms with van der Waals surface area (Å²) in [6.07, 6.45) is 1.33. The minimum Gasteiger partial charge on any atom is -0.444 e. The number of rotatable bonds is 9. The van der Waals surface area contributed by atoms with Crippen molar-refractivity contribution < 1.29 is 23.9 Å². The second-order valence-electron chi connectivity index (χ2n) is 10.1. The summed E-state index contributed by atoms with van der Waals surface area (Å²) in [5.74, 6) is -1.05. The summed E-state index contributed by atoms with van der Waals surface area (Å²) in [6, 6.07) is -2.30. The minimum absolute atomic E-state index is 0.128. The van der Waals surface area contributed by atoms with Crippen LogP contribution in [0.3, 0.4) is 0 Å². The lowest BCUT2D eigenvalue weighted by molar-refractivity contribution is -0.141. The van der Waals surface area contributed by atoms with Gasteiger partial charge in [0.2, 0.25) is 17.7 Å². The summed E-state index contributed by atoms with van der Waals surface area (Å²) in [4.78, 5) is 51.7. The zero-order valence-electron chi connectivity index (χ0n) is 20.0. The molecule has 0 aromatic heterocycles. The van der Waals surface area contributed by atoms with E-state index in [0.29, 0.717) is 32.2 Å². The van der Waals surface area contributed by atoms with Crippen molar-refractivity contribution in [3.8, 4) is 0 Å². The van der Waals surface area contributed by atoms with Gasteiger partial charge in [-0.15, -0.1) is 0 Å². The molecular weight excluding hydrogens is 400 g/mol. The fourth-order valence-electron chi connectivity index (χ4n) is 3.64. The molecule has 0 aromatic carbocycles. The highest BCUT2D eigenvalue weighted by Gasteiger charge is 2.37. The highest BCUT2D eigenvalue weighted by atomic mass is 16.6. The third-order valence-electron chi connectivity index (χ3n) is 4.90. The Balaban J connectivity index is 2.98. The fourth-order valence-corrected chi connectivity index (χ4v) is 3.64. The second kappa shape index (κ2) is 11.3.